The molecule has 0 fully saturated rings. The average molecular weight is 636 g/mol. The minimum absolute atomic E-state index is 0.00416. The van der Waals surface area contributed by atoms with Crippen LogP contribution in [0.4, 0.5) is 8.78 Å². The van der Waals surface area contributed by atoms with Crippen LogP contribution in [0.15, 0.2) is 73.8 Å². The first-order valence-electron chi connectivity index (χ1n) is 15.1. The number of amides is 1. The van der Waals surface area contributed by atoms with E-state index in [1.54, 1.807) is 23.6 Å². The smallest absolute Gasteiger partial charge is 0.246 e. The third kappa shape index (κ3) is 5.20. The number of carbonyl (C=O) groups is 1. The minimum atomic E-state index is -0.826. The van der Waals surface area contributed by atoms with Gasteiger partial charge in [-0.25, -0.2) is 18.7 Å². The predicted molar refractivity (Wildman–Crippen MR) is 174 cm³/mol. The third-order valence-corrected chi connectivity index (χ3v) is 8.58. The Labute approximate surface area is 268 Å². The molecule has 6 aromatic rings. The number of halogens is 2. The molecule has 4 aromatic heterocycles. The number of aromatic nitrogens is 6. The van der Waals surface area contributed by atoms with Gasteiger partial charge in [0.15, 0.2) is 0 Å². The lowest BCUT2D eigenvalue weighted by Crippen LogP contribution is -2.40. The zero-order valence-electron chi connectivity index (χ0n) is 26.1. The number of imidazole rings is 1. The van der Waals surface area contributed by atoms with Crippen molar-refractivity contribution in [2.75, 3.05) is 26.9 Å². The van der Waals surface area contributed by atoms with Gasteiger partial charge in [-0.2, -0.15) is 5.10 Å². The van der Waals surface area contributed by atoms with Gasteiger partial charge in [0.2, 0.25) is 5.91 Å². The van der Waals surface area contributed by atoms with E-state index < -0.39 is 11.6 Å². The molecule has 12 heteroatoms. The molecule has 0 saturated carbocycles. The molecule has 1 atom stereocenters. The number of fused-ring (bicyclic) bond motifs is 3. The summed E-state index contributed by atoms with van der Waals surface area (Å²) in [4.78, 5) is 28.5. The van der Waals surface area contributed by atoms with Crippen molar-refractivity contribution in [3.63, 3.8) is 0 Å². The summed E-state index contributed by atoms with van der Waals surface area (Å²) in [5.41, 5.74) is 5.10. The van der Waals surface area contributed by atoms with E-state index in [2.05, 4.69) is 16.5 Å². The van der Waals surface area contributed by atoms with E-state index in [0.29, 0.717) is 46.5 Å². The molecule has 5 heterocycles. The maximum absolute atomic E-state index is 16.1. The second-order valence-electron chi connectivity index (χ2n) is 11.4. The standard InChI is InChI=1S/C35H31F2N7O3/c1-5-31(45)43-10-11-44-29(20(43)2)17-27(41-44)35-32(33-25(37)15-22(36)16-30(33)47-13-12-46-4)24-18-38-9-8-23(24)34(40-35)21-6-7-28-26(14-21)39-19-42(28)3/h5-9,14-20H,1,10-13H2,2-4H3/t20-/m1/s1. The topological polar surface area (TPSA) is 100 Å². The van der Waals surface area contributed by atoms with Crippen LogP contribution < -0.4 is 4.74 Å². The Hall–Kier alpha value is -5.49. The van der Waals surface area contributed by atoms with E-state index in [1.165, 1.54) is 13.2 Å². The van der Waals surface area contributed by atoms with Gasteiger partial charge in [0, 0.05) is 67.1 Å². The predicted octanol–water partition coefficient (Wildman–Crippen LogP) is 6.11. The van der Waals surface area contributed by atoms with Gasteiger partial charge in [-0.1, -0.05) is 12.6 Å². The van der Waals surface area contributed by atoms with E-state index in [9.17, 15) is 9.18 Å². The van der Waals surface area contributed by atoms with Crippen molar-refractivity contribution in [2.45, 2.75) is 19.5 Å². The highest BCUT2D eigenvalue weighted by Gasteiger charge is 2.31. The number of pyridine rings is 2. The van der Waals surface area contributed by atoms with Gasteiger partial charge in [-0.3, -0.25) is 14.5 Å². The molecule has 0 radical (unpaired) electrons. The second kappa shape index (κ2) is 12.0. The Morgan fingerprint density at radius 1 is 1.06 bits per heavy atom. The van der Waals surface area contributed by atoms with Gasteiger partial charge in [-0.05, 0) is 37.3 Å². The fraction of sp³-hybridized carbons (Fsp3) is 0.229. The zero-order valence-corrected chi connectivity index (χ0v) is 26.1. The molecule has 7 rings (SSSR count). The highest BCUT2D eigenvalue weighted by molar-refractivity contribution is 6.08. The summed E-state index contributed by atoms with van der Waals surface area (Å²) in [5, 5.41) is 6.18. The van der Waals surface area contributed by atoms with Crippen LogP contribution in [0.2, 0.25) is 0 Å². The number of rotatable bonds is 8. The molecule has 1 amide bonds. The SMILES string of the molecule is C=CC(=O)N1CCn2nc(-c3nc(-c4ccc5c(c4)ncn5C)c4ccncc4c3-c3c(F)cc(F)cc3OCCOC)cc2[C@H]1C. The van der Waals surface area contributed by atoms with Crippen LogP contribution >= 0.6 is 0 Å². The number of benzene rings is 2. The van der Waals surface area contributed by atoms with Gasteiger partial charge < -0.3 is 18.9 Å². The third-order valence-electron chi connectivity index (χ3n) is 8.58. The largest absolute Gasteiger partial charge is 0.490 e. The molecule has 0 unspecified atom stereocenters. The molecule has 238 valence electrons. The summed E-state index contributed by atoms with van der Waals surface area (Å²) in [6.45, 7) is 6.74. The van der Waals surface area contributed by atoms with E-state index in [1.807, 2.05) is 53.6 Å². The fourth-order valence-electron chi connectivity index (χ4n) is 6.28. The first kappa shape index (κ1) is 30.2. The maximum Gasteiger partial charge on any atom is 0.246 e. The van der Waals surface area contributed by atoms with Crippen LogP contribution in [0.25, 0.3) is 55.6 Å². The van der Waals surface area contributed by atoms with Crippen LogP contribution in [0.3, 0.4) is 0 Å². The summed E-state index contributed by atoms with van der Waals surface area (Å²) in [7, 11) is 3.44. The Balaban J connectivity index is 1.53. The number of hydrogen-bond acceptors (Lipinski definition) is 7. The van der Waals surface area contributed by atoms with Crippen molar-refractivity contribution in [3.8, 4) is 39.5 Å². The normalized spacial score (nSPS) is 14.5. The molecular formula is C35H31F2N7O3. The summed E-state index contributed by atoms with van der Waals surface area (Å²) >= 11 is 0. The van der Waals surface area contributed by atoms with Crippen molar-refractivity contribution in [1.82, 2.24) is 34.2 Å². The van der Waals surface area contributed by atoms with Crippen LogP contribution in [-0.2, 0) is 23.1 Å². The van der Waals surface area contributed by atoms with Crippen LogP contribution in [-0.4, -0.2) is 67.0 Å². The Morgan fingerprint density at radius 3 is 2.72 bits per heavy atom. The molecule has 0 saturated heterocycles. The summed E-state index contributed by atoms with van der Waals surface area (Å²) in [6, 6.07) is 11.3. The average Bonchev–Trinajstić information content (AvgIpc) is 3.68. The fourth-order valence-corrected chi connectivity index (χ4v) is 6.28. The van der Waals surface area contributed by atoms with Crippen molar-refractivity contribution in [1.29, 1.82) is 0 Å². The summed E-state index contributed by atoms with van der Waals surface area (Å²) < 4.78 is 45.6. The van der Waals surface area contributed by atoms with Crippen LogP contribution in [0.5, 0.6) is 5.75 Å². The quantitative estimate of drug-likeness (QED) is 0.147. The highest BCUT2D eigenvalue weighted by atomic mass is 19.1. The molecule has 0 bridgehead atoms. The number of ether oxygens (including phenoxy) is 2. The zero-order chi connectivity index (χ0) is 32.8. The monoisotopic (exact) mass is 635 g/mol. The molecule has 2 aromatic carbocycles. The molecule has 10 nitrogen and oxygen atoms in total. The number of aryl methyl sites for hydroxylation is 1. The van der Waals surface area contributed by atoms with Gasteiger partial charge in [-0.15, -0.1) is 0 Å². The minimum Gasteiger partial charge on any atom is -0.490 e. The van der Waals surface area contributed by atoms with Crippen molar-refractivity contribution < 1.29 is 23.0 Å². The number of carbonyl (C=O) groups excluding carboxylic acids is 1. The molecular weight excluding hydrogens is 604 g/mol. The first-order chi connectivity index (χ1) is 22.8. The molecule has 0 N–H and O–H groups in total. The number of hydrogen-bond donors (Lipinski definition) is 0. The van der Waals surface area contributed by atoms with Gasteiger partial charge in [0.05, 0.1) is 59.2 Å². The first-order valence-corrected chi connectivity index (χ1v) is 15.1. The van der Waals surface area contributed by atoms with E-state index >= 15 is 4.39 Å². The molecule has 47 heavy (non-hydrogen) atoms. The lowest BCUT2D eigenvalue weighted by molar-refractivity contribution is -0.129. The Morgan fingerprint density at radius 2 is 1.91 bits per heavy atom. The summed E-state index contributed by atoms with van der Waals surface area (Å²) in [5.74, 6) is -1.79. The van der Waals surface area contributed by atoms with Gasteiger partial charge >= 0.3 is 0 Å². The van der Waals surface area contributed by atoms with Crippen molar-refractivity contribution >= 4 is 27.7 Å². The summed E-state index contributed by atoms with van der Waals surface area (Å²) in [6.07, 6.45) is 6.34. The Kier molecular flexibility index (Phi) is 7.72. The number of methoxy groups -OCH3 is 1. The lowest BCUT2D eigenvalue weighted by atomic mass is 9.92. The molecule has 0 spiro atoms. The number of nitrogens with zero attached hydrogens (tertiary/aromatic N) is 7. The van der Waals surface area contributed by atoms with Crippen molar-refractivity contribution in [2.24, 2.45) is 7.05 Å². The lowest BCUT2D eigenvalue weighted by Gasteiger charge is -2.33. The van der Waals surface area contributed by atoms with Gasteiger partial charge in [0.1, 0.15) is 29.7 Å². The van der Waals surface area contributed by atoms with Gasteiger partial charge in [0.25, 0.3) is 0 Å². The molecule has 1 aliphatic heterocycles. The second-order valence-corrected chi connectivity index (χ2v) is 11.4. The molecule has 0 aliphatic carbocycles. The Bertz CT molecular complexity index is 2190. The highest BCUT2D eigenvalue weighted by Crippen LogP contribution is 2.45. The van der Waals surface area contributed by atoms with E-state index in [-0.39, 0.29) is 36.5 Å². The maximum atomic E-state index is 16.1. The van der Waals surface area contributed by atoms with Crippen LogP contribution in [0, 0.1) is 11.6 Å². The molecule has 1 aliphatic rings. The van der Waals surface area contributed by atoms with Crippen molar-refractivity contribution in [3.05, 3.63) is 91.2 Å². The van der Waals surface area contributed by atoms with Crippen LogP contribution in [0.1, 0.15) is 18.7 Å². The van der Waals surface area contributed by atoms with E-state index in [4.69, 9.17) is 19.6 Å². The van der Waals surface area contributed by atoms with E-state index in [0.717, 1.165) is 34.4 Å².